The maximum atomic E-state index is 12.0. The van der Waals surface area contributed by atoms with Crippen molar-refractivity contribution in [2.45, 2.75) is 32.4 Å². The second-order valence-electron chi connectivity index (χ2n) is 7.66. The molecule has 8 nitrogen and oxygen atoms in total. The van der Waals surface area contributed by atoms with E-state index in [-0.39, 0.29) is 12.1 Å². The van der Waals surface area contributed by atoms with Crippen LogP contribution in [0.4, 0.5) is 16.2 Å². The minimum atomic E-state index is -0.469. The molecule has 0 spiro atoms. The van der Waals surface area contributed by atoms with E-state index in [0.717, 1.165) is 13.1 Å². The lowest BCUT2D eigenvalue weighted by molar-refractivity contribution is 0.0983. The highest BCUT2D eigenvalue weighted by Crippen LogP contribution is 2.20. The number of carbonyl (C=O) groups is 1. The van der Waals surface area contributed by atoms with Gasteiger partial charge in [-0.1, -0.05) is 30.3 Å². The number of carbonyl (C=O) groups excluding carboxylic acids is 1. The fourth-order valence-electron chi connectivity index (χ4n) is 3.67. The number of benzene rings is 1. The Hall–Kier alpha value is -2.87. The van der Waals surface area contributed by atoms with Crippen LogP contribution in [0.25, 0.3) is 0 Å². The first kappa shape index (κ1) is 21.8. The van der Waals surface area contributed by atoms with Crippen molar-refractivity contribution in [1.29, 1.82) is 0 Å². The van der Waals surface area contributed by atoms with E-state index in [1.54, 1.807) is 11.8 Å². The third-order valence-corrected chi connectivity index (χ3v) is 5.37. The van der Waals surface area contributed by atoms with E-state index in [0.29, 0.717) is 50.5 Å². The van der Waals surface area contributed by atoms with Gasteiger partial charge < -0.3 is 25.2 Å². The van der Waals surface area contributed by atoms with Crippen LogP contribution < -0.4 is 21.5 Å². The van der Waals surface area contributed by atoms with Crippen molar-refractivity contribution in [2.24, 2.45) is 0 Å². The molecule has 8 heteroatoms. The Morgan fingerprint density at radius 3 is 2.47 bits per heavy atom. The van der Waals surface area contributed by atoms with Gasteiger partial charge in [0.15, 0.2) is 0 Å². The van der Waals surface area contributed by atoms with E-state index in [4.69, 9.17) is 4.74 Å². The molecule has 0 radical (unpaired) electrons. The van der Waals surface area contributed by atoms with Gasteiger partial charge in [-0.25, -0.2) is 4.79 Å². The van der Waals surface area contributed by atoms with Crippen molar-refractivity contribution in [3.05, 3.63) is 56.3 Å². The smallest absolute Gasteiger partial charge is 0.409 e. The summed E-state index contributed by atoms with van der Waals surface area (Å²) in [5.41, 5.74) is 1.04. The molecule has 2 aromatic rings. The summed E-state index contributed by atoms with van der Waals surface area (Å²) in [6.45, 7) is 5.41. The number of amides is 1. The van der Waals surface area contributed by atoms with Crippen LogP contribution in [0.5, 0.6) is 0 Å². The first-order chi connectivity index (χ1) is 14.5. The van der Waals surface area contributed by atoms with Gasteiger partial charge in [0.25, 0.3) is 10.9 Å². The Bertz CT molecular complexity index is 900. The maximum absolute atomic E-state index is 12.0. The number of nitrogens with one attached hydrogen (secondary N) is 2. The molecule has 0 aliphatic carbocycles. The average molecular weight is 415 g/mol. The fraction of sp³-hybridized carbons (Fsp3) is 0.500. The molecule has 30 heavy (non-hydrogen) atoms. The third kappa shape index (κ3) is 5.38. The molecule has 0 saturated carbocycles. The standard InChI is InChI=1S/C22H30N4O4/c1-3-30-22(29)26-12-9-17(10-13-26)24-19-18(20(27)21(19)28)23-11-14-25(2)15-16-7-5-4-6-8-16/h4-8,17,23-24H,3,9-15H2,1-2H3. The quantitative estimate of drug-likeness (QED) is 0.605. The van der Waals surface area contributed by atoms with Gasteiger partial charge in [0, 0.05) is 38.8 Å². The molecule has 0 aromatic heterocycles. The molecule has 1 heterocycles. The first-order valence-electron chi connectivity index (χ1n) is 10.5. The van der Waals surface area contributed by atoms with Crippen molar-refractivity contribution in [1.82, 2.24) is 9.80 Å². The van der Waals surface area contributed by atoms with E-state index < -0.39 is 10.9 Å². The minimum absolute atomic E-state index is 0.0558. The third-order valence-electron chi connectivity index (χ3n) is 5.37. The Morgan fingerprint density at radius 1 is 1.13 bits per heavy atom. The summed E-state index contributed by atoms with van der Waals surface area (Å²) in [4.78, 5) is 39.7. The topological polar surface area (TPSA) is 91.0 Å². The maximum Gasteiger partial charge on any atom is 0.409 e. The lowest BCUT2D eigenvalue weighted by Crippen LogP contribution is -2.45. The highest BCUT2D eigenvalue weighted by Gasteiger charge is 2.27. The Kier molecular flexibility index (Phi) is 7.46. The predicted octanol–water partition coefficient (Wildman–Crippen LogP) is 1.86. The van der Waals surface area contributed by atoms with Crippen molar-refractivity contribution in [2.75, 3.05) is 50.5 Å². The minimum Gasteiger partial charge on any atom is -0.450 e. The molecule has 0 bridgehead atoms. The molecule has 1 amide bonds. The number of ether oxygens (including phenoxy) is 1. The molecule has 3 rings (SSSR count). The SMILES string of the molecule is CCOC(=O)N1CCC(Nc2c(NCCN(C)Cc3ccccc3)c(=O)c2=O)CC1. The van der Waals surface area contributed by atoms with Gasteiger partial charge in [-0.2, -0.15) is 0 Å². The molecule has 162 valence electrons. The van der Waals surface area contributed by atoms with Gasteiger partial charge in [-0.3, -0.25) is 9.59 Å². The zero-order chi connectivity index (χ0) is 21.5. The van der Waals surface area contributed by atoms with Crippen LogP contribution in [-0.2, 0) is 11.3 Å². The summed E-state index contributed by atoms with van der Waals surface area (Å²) in [5, 5.41) is 6.33. The molecule has 1 fully saturated rings. The summed E-state index contributed by atoms with van der Waals surface area (Å²) in [7, 11) is 2.02. The Balaban J connectivity index is 1.46. The second-order valence-corrected chi connectivity index (χ2v) is 7.66. The highest BCUT2D eigenvalue weighted by molar-refractivity contribution is 5.74. The van der Waals surface area contributed by atoms with Crippen molar-refractivity contribution in [3.8, 4) is 0 Å². The average Bonchev–Trinajstić information content (AvgIpc) is 2.76. The van der Waals surface area contributed by atoms with Crippen molar-refractivity contribution < 1.29 is 9.53 Å². The van der Waals surface area contributed by atoms with Crippen LogP contribution in [0.3, 0.4) is 0 Å². The lowest BCUT2D eigenvalue weighted by Gasteiger charge is -2.32. The molecule has 2 aromatic carbocycles. The molecule has 1 aliphatic rings. The van der Waals surface area contributed by atoms with Crippen molar-refractivity contribution in [3.63, 3.8) is 0 Å². The number of hydrogen-bond acceptors (Lipinski definition) is 7. The normalized spacial score (nSPS) is 14.8. The van der Waals surface area contributed by atoms with Gasteiger partial charge in [-0.15, -0.1) is 0 Å². The van der Waals surface area contributed by atoms with E-state index in [2.05, 4.69) is 27.7 Å². The lowest BCUT2D eigenvalue weighted by atomic mass is 10.0. The van der Waals surface area contributed by atoms with Gasteiger partial charge in [0.2, 0.25) is 0 Å². The molecule has 0 atom stereocenters. The predicted molar refractivity (Wildman–Crippen MR) is 118 cm³/mol. The number of anilines is 2. The summed E-state index contributed by atoms with van der Waals surface area (Å²) < 4.78 is 5.02. The summed E-state index contributed by atoms with van der Waals surface area (Å²) in [6.07, 6.45) is 1.11. The van der Waals surface area contributed by atoms with Crippen LogP contribution in [0, 0.1) is 0 Å². The summed E-state index contributed by atoms with van der Waals surface area (Å²) in [5.74, 6) is 0. The number of piperidine rings is 1. The monoisotopic (exact) mass is 414 g/mol. The van der Waals surface area contributed by atoms with Crippen LogP contribution >= 0.6 is 0 Å². The van der Waals surface area contributed by atoms with Crippen LogP contribution in [-0.4, -0.2) is 61.8 Å². The van der Waals surface area contributed by atoms with Crippen LogP contribution in [0.2, 0.25) is 0 Å². The summed E-state index contributed by atoms with van der Waals surface area (Å²) in [6, 6.07) is 10.2. The number of rotatable bonds is 9. The molecule has 1 saturated heterocycles. The number of likely N-dealkylation sites (N-methyl/N-ethyl adjacent to an activating group) is 1. The number of nitrogens with zero attached hydrogens (tertiary/aromatic N) is 2. The van der Waals surface area contributed by atoms with Crippen LogP contribution in [0.15, 0.2) is 39.9 Å². The number of likely N-dealkylation sites (tertiary alicyclic amines) is 1. The van der Waals surface area contributed by atoms with E-state index in [1.807, 2.05) is 25.2 Å². The molecule has 2 N–H and O–H groups in total. The molecule has 1 aliphatic heterocycles. The van der Waals surface area contributed by atoms with Gasteiger partial charge in [0.1, 0.15) is 11.4 Å². The zero-order valence-electron chi connectivity index (χ0n) is 17.6. The Morgan fingerprint density at radius 2 is 1.80 bits per heavy atom. The highest BCUT2D eigenvalue weighted by atomic mass is 16.6. The van der Waals surface area contributed by atoms with Crippen molar-refractivity contribution >= 4 is 17.5 Å². The molecule has 0 unspecified atom stereocenters. The van der Waals surface area contributed by atoms with E-state index in [1.165, 1.54) is 5.56 Å². The first-order valence-corrected chi connectivity index (χ1v) is 10.5. The Labute approximate surface area is 176 Å². The molecular weight excluding hydrogens is 384 g/mol. The summed E-state index contributed by atoms with van der Waals surface area (Å²) >= 11 is 0. The molecular formula is C22H30N4O4. The van der Waals surface area contributed by atoms with E-state index in [9.17, 15) is 14.4 Å². The number of hydrogen-bond donors (Lipinski definition) is 2. The second kappa shape index (κ2) is 10.2. The zero-order valence-corrected chi connectivity index (χ0v) is 17.6. The van der Waals surface area contributed by atoms with Gasteiger partial charge in [-0.05, 0) is 32.4 Å². The van der Waals surface area contributed by atoms with Gasteiger partial charge in [0.05, 0.1) is 6.61 Å². The fourth-order valence-corrected chi connectivity index (χ4v) is 3.67. The van der Waals surface area contributed by atoms with Crippen LogP contribution in [0.1, 0.15) is 25.3 Å². The van der Waals surface area contributed by atoms with E-state index >= 15 is 0 Å². The van der Waals surface area contributed by atoms with Gasteiger partial charge >= 0.3 is 6.09 Å². The largest absolute Gasteiger partial charge is 0.450 e.